The second-order valence-corrected chi connectivity index (χ2v) is 8.94. The van der Waals surface area contributed by atoms with Crippen LogP contribution in [0.1, 0.15) is 17.5 Å². The maximum absolute atomic E-state index is 12.3. The van der Waals surface area contributed by atoms with Gasteiger partial charge < -0.3 is 9.88 Å². The van der Waals surface area contributed by atoms with Crippen molar-refractivity contribution in [3.05, 3.63) is 44.1 Å². The van der Waals surface area contributed by atoms with Crippen molar-refractivity contribution in [3.63, 3.8) is 0 Å². The van der Waals surface area contributed by atoms with Crippen LogP contribution >= 0.6 is 0 Å². The van der Waals surface area contributed by atoms with E-state index in [9.17, 15) is 31.2 Å². The molecule has 0 aromatic heterocycles. The van der Waals surface area contributed by atoms with E-state index in [0.717, 1.165) is 11.1 Å². The summed E-state index contributed by atoms with van der Waals surface area (Å²) in [6.07, 6.45) is 0.124. The summed E-state index contributed by atoms with van der Waals surface area (Å²) in [6, 6.07) is 3.70. The molecule has 0 spiro atoms. The Hall–Kier alpha value is -2.84. The number of hydrogen-bond donors (Lipinski definition) is 3. The molecule has 0 unspecified atom stereocenters. The number of aromatic amines is 1. The zero-order chi connectivity index (χ0) is 23.7. The van der Waals surface area contributed by atoms with Gasteiger partial charge in [-0.1, -0.05) is 0 Å². The number of benzene rings is 1. The minimum absolute atomic E-state index is 0.0157. The van der Waals surface area contributed by atoms with Crippen LogP contribution in [0, 0.1) is 13.8 Å². The van der Waals surface area contributed by atoms with Crippen molar-refractivity contribution in [2.45, 2.75) is 32.3 Å². The Balaban J connectivity index is 1.74. The van der Waals surface area contributed by atoms with Crippen molar-refractivity contribution in [2.75, 3.05) is 19.6 Å². The first-order valence-electron chi connectivity index (χ1n) is 9.59. The fourth-order valence-electron chi connectivity index (χ4n) is 3.09. The minimum Gasteiger partial charge on any atom is -0.321 e. The molecule has 32 heavy (non-hydrogen) atoms. The monoisotopic (exact) mass is 474 g/mol. The van der Waals surface area contributed by atoms with Crippen molar-refractivity contribution >= 4 is 21.1 Å². The Morgan fingerprint density at radius 3 is 2.44 bits per heavy atom. The summed E-state index contributed by atoms with van der Waals surface area (Å²) >= 11 is 0. The molecule has 3 N–H and O–H groups in total. The number of aromatic nitrogens is 4. The molecule has 3 rings (SSSR count). The lowest BCUT2D eigenvalue weighted by Crippen LogP contribution is -2.37. The number of alkyl halides is 3. The topological polar surface area (TPSA) is 139 Å². The van der Waals surface area contributed by atoms with E-state index in [4.69, 9.17) is 0 Å². The van der Waals surface area contributed by atoms with Crippen LogP contribution in [0.3, 0.4) is 0 Å². The quantitative estimate of drug-likeness (QED) is 0.321. The number of fused-ring (bicyclic) bond motifs is 2. The molecular weight excluding hydrogens is 453 g/mol. The van der Waals surface area contributed by atoms with E-state index in [1.54, 1.807) is 4.57 Å². The molecule has 0 radical (unpaired) electrons. The number of halogens is 3. The van der Waals surface area contributed by atoms with Gasteiger partial charge in [0.25, 0.3) is 5.56 Å². The summed E-state index contributed by atoms with van der Waals surface area (Å²) in [4.78, 5) is 34.3. The molecule has 1 aromatic carbocycles. The Morgan fingerprint density at radius 2 is 1.75 bits per heavy atom. The third-order valence-electron chi connectivity index (χ3n) is 4.86. The second-order valence-electron chi connectivity index (χ2n) is 7.18. The van der Waals surface area contributed by atoms with Gasteiger partial charge in [-0.3, -0.25) is 9.78 Å². The van der Waals surface area contributed by atoms with Gasteiger partial charge in [0.05, 0.1) is 11.0 Å². The summed E-state index contributed by atoms with van der Waals surface area (Å²) in [5, 5.41) is 2.99. The Kier molecular flexibility index (Phi) is 6.67. The average Bonchev–Trinajstić information content (AvgIpc) is 2.67. The predicted molar refractivity (Wildman–Crippen MR) is 111 cm³/mol. The van der Waals surface area contributed by atoms with Gasteiger partial charge in [-0.05, 0) is 50.1 Å². The van der Waals surface area contributed by atoms with Crippen LogP contribution in [0.4, 0.5) is 13.2 Å². The van der Waals surface area contributed by atoms with Crippen LogP contribution in [0.25, 0.3) is 22.6 Å². The largest absolute Gasteiger partial charge is 0.511 e. The van der Waals surface area contributed by atoms with Crippen LogP contribution in [0.5, 0.6) is 0 Å². The molecule has 2 aliphatic rings. The highest BCUT2D eigenvalue weighted by molar-refractivity contribution is 7.90. The standard InChI is InChI=1S/C18H21F3N6O4S/c1-10-8-12-13(9-11(10)2)27(15-14(24-12)16(28)26-17(29)25-15)7-6-22-4-3-5-23-32(30,31)18(19,20)21/h8-9,22-23H,3-7H2,1-2H3,(H,26,28,29). The predicted octanol–water partition coefficient (Wildman–Crippen LogP) is 0.620. The first-order valence-corrected chi connectivity index (χ1v) is 11.1. The number of H-pyrrole nitrogens is 1. The molecule has 0 atom stereocenters. The number of sulfonamides is 1. The highest BCUT2D eigenvalue weighted by atomic mass is 32.2. The van der Waals surface area contributed by atoms with Crippen molar-refractivity contribution in [1.29, 1.82) is 0 Å². The number of hydrogen-bond acceptors (Lipinski definition) is 7. The molecule has 0 bridgehead atoms. The third kappa shape index (κ3) is 4.97. The average molecular weight is 474 g/mol. The molecule has 1 aromatic rings. The van der Waals surface area contributed by atoms with Crippen molar-refractivity contribution in [3.8, 4) is 11.5 Å². The molecule has 0 amide bonds. The molecule has 2 aliphatic heterocycles. The van der Waals surface area contributed by atoms with Gasteiger partial charge in [0.15, 0.2) is 11.5 Å². The molecule has 10 nitrogen and oxygen atoms in total. The van der Waals surface area contributed by atoms with Gasteiger partial charge in [0.1, 0.15) is 0 Å². The van der Waals surface area contributed by atoms with Gasteiger partial charge in [0.2, 0.25) is 0 Å². The lowest BCUT2D eigenvalue weighted by Gasteiger charge is -2.18. The van der Waals surface area contributed by atoms with Crippen LogP contribution in [-0.4, -0.2) is 53.1 Å². The fraction of sp³-hybridized carbons (Fsp3) is 0.444. The smallest absolute Gasteiger partial charge is 0.321 e. The Bertz CT molecular complexity index is 1330. The minimum atomic E-state index is -5.36. The molecule has 2 heterocycles. The first-order chi connectivity index (χ1) is 14.9. The van der Waals surface area contributed by atoms with Crippen molar-refractivity contribution < 1.29 is 21.6 Å². The summed E-state index contributed by atoms with van der Waals surface area (Å²) in [7, 11) is -5.36. The van der Waals surface area contributed by atoms with Gasteiger partial charge in [-0.25, -0.2) is 22.9 Å². The molecule has 0 saturated heterocycles. The van der Waals surface area contributed by atoms with Crippen LogP contribution < -0.4 is 21.3 Å². The van der Waals surface area contributed by atoms with Crippen molar-refractivity contribution in [2.24, 2.45) is 0 Å². The molecule has 14 heteroatoms. The maximum atomic E-state index is 12.3. The first kappa shape index (κ1) is 23.8. The zero-order valence-corrected chi connectivity index (χ0v) is 18.0. The third-order valence-corrected chi connectivity index (χ3v) is 6.06. The van der Waals surface area contributed by atoms with E-state index in [0.29, 0.717) is 17.6 Å². The highest BCUT2D eigenvalue weighted by Gasteiger charge is 2.45. The number of nitrogens with one attached hydrogen (secondary N) is 3. The van der Waals surface area contributed by atoms with E-state index < -0.39 is 26.8 Å². The van der Waals surface area contributed by atoms with Crippen LogP contribution in [0.15, 0.2) is 21.7 Å². The van der Waals surface area contributed by atoms with Crippen molar-refractivity contribution in [1.82, 2.24) is 29.6 Å². The van der Waals surface area contributed by atoms with Gasteiger partial charge in [0, 0.05) is 19.6 Å². The summed E-state index contributed by atoms with van der Waals surface area (Å²) < 4.78 is 62.0. The molecule has 0 saturated carbocycles. The SMILES string of the molecule is Cc1cc2nc3c(=O)[nH]c(=O)nc-3n(CCNCCCNS(=O)(=O)C(F)(F)F)c2cc1C. The Morgan fingerprint density at radius 1 is 1.06 bits per heavy atom. The summed E-state index contributed by atoms with van der Waals surface area (Å²) in [5.41, 5.74) is -3.62. The lowest BCUT2D eigenvalue weighted by atomic mass is 10.1. The number of aryl methyl sites for hydroxylation is 2. The van der Waals surface area contributed by atoms with Gasteiger partial charge >= 0.3 is 21.2 Å². The van der Waals surface area contributed by atoms with E-state index in [-0.39, 0.29) is 37.6 Å². The van der Waals surface area contributed by atoms with Gasteiger partial charge in [-0.2, -0.15) is 18.2 Å². The van der Waals surface area contributed by atoms with Gasteiger partial charge in [-0.15, -0.1) is 0 Å². The maximum Gasteiger partial charge on any atom is 0.511 e. The normalized spacial score (nSPS) is 12.7. The van der Waals surface area contributed by atoms with E-state index in [2.05, 4.69) is 20.3 Å². The lowest BCUT2D eigenvalue weighted by molar-refractivity contribution is -0.0447. The molecule has 174 valence electrons. The number of nitrogens with zero attached hydrogens (tertiary/aromatic N) is 3. The van der Waals surface area contributed by atoms with E-state index in [1.807, 2.05) is 26.0 Å². The summed E-state index contributed by atoms with van der Waals surface area (Å²) in [5.74, 6) is 0.120. The van der Waals surface area contributed by atoms with Crippen LogP contribution in [-0.2, 0) is 16.6 Å². The Labute approximate surface area is 180 Å². The van der Waals surface area contributed by atoms with E-state index in [1.165, 1.54) is 4.72 Å². The zero-order valence-electron chi connectivity index (χ0n) is 17.2. The second kappa shape index (κ2) is 8.96. The van der Waals surface area contributed by atoms with Crippen LogP contribution in [0.2, 0.25) is 0 Å². The highest BCUT2D eigenvalue weighted by Crippen LogP contribution is 2.23. The fourth-order valence-corrected chi connectivity index (χ4v) is 3.67. The molecule has 0 fully saturated rings. The molecule has 0 aliphatic carbocycles. The van der Waals surface area contributed by atoms with E-state index >= 15 is 0 Å². The number of rotatable bonds is 8. The summed E-state index contributed by atoms with van der Waals surface area (Å²) in [6.45, 7) is 4.28. The molecular formula is C18H21F3N6O4S.